The maximum atomic E-state index is 13.8. The lowest BCUT2D eigenvalue weighted by Gasteiger charge is -2.31. The second-order valence-corrected chi connectivity index (χ2v) is 7.59. The smallest absolute Gasteiger partial charge is 0.241 e. The summed E-state index contributed by atoms with van der Waals surface area (Å²) in [5.74, 6) is -2.50. The number of fused-ring (bicyclic) bond motifs is 1. The maximum Gasteiger partial charge on any atom is 0.241 e. The van der Waals surface area contributed by atoms with E-state index < -0.39 is 23.6 Å². The van der Waals surface area contributed by atoms with Gasteiger partial charge in [-0.3, -0.25) is 19.3 Å². The first-order valence-electron chi connectivity index (χ1n) is 9.84. The van der Waals surface area contributed by atoms with Gasteiger partial charge in [-0.1, -0.05) is 12.1 Å². The lowest BCUT2D eigenvalue weighted by molar-refractivity contribution is -0.123. The summed E-state index contributed by atoms with van der Waals surface area (Å²) in [5.41, 5.74) is 0.856. The van der Waals surface area contributed by atoms with Crippen LogP contribution in [0.25, 0.3) is 0 Å². The number of benzene rings is 2. The predicted molar refractivity (Wildman–Crippen MR) is 114 cm³/mol. The van der Waals surface area contributed by atoms with Crippen LogP contribution in [-0.2, 0) is 14.4 Å². The molecule has 2 aromatic rings. The zero-order valence-electron chi connectivity index (χ0n) is 17.5. The number of hydrogen-bond donors (Lipinski definition) is 2. The predicted octanol–water partition coefficient (Wildman–Crippen LogP) is 2.99. The quantitative estimate of drug-likeness (QED) is 0.764. The van der Waals surface area contributed by atoms with E-state index in [1.54, 1.807) is 50.1 Å². The number of para-hydroxylation sites is 2. The first-order chi connectivity index (χ1) is 14.7. The SMILES string of the molecule is C[C@H](C(=O)Nc1cc(F)ccc1F)N(C)CC(=O)N1c2ccccc2NC(=O)C[C@H]1C. The monoisotopic (exact) mass is 430 g/mol. The van der Waals surface area contributed by atoms with E-state index >= 15 is 0 Å². The molecule has 1 aliphatic heterocycles. The van der Waals surface area contributed by atoms with Gasteiger partial charge in [0.2, 0.25) is 17.7 Å². The molecule has 0 unspecified atom stereocenters. The Hall–Kier alpha value is -3.33. The van der Waals surface area contributed by atoms with Crippen molar-refractivity contribution in [1.82, 2.24) is 4.90 Å². The minimum atomic E-state index is -0.802. The van der Waals surface area contributed by atoms with Crippen LogP contribution in [0.2, 0.25) is 0 Å². The first-order valence-corrected chi connectivity index (χ1v) is 9.84. The van der Waals surface area contributed by atoms with E-state index in [0.29, 0.717) is 11.4 Å². The number of carbonyl (C=O) groups is 3. The molecule has 0 fully saturated rings. The van der Waals surface area contributed by atoms with E-state index in [2.05, 4.69) is 10.6 Å². The molecular formula is C22H24F2N4O3. The summed E-state index contributed by atoms with van der Waals surface area (Å²) in [4.78, 5) is 40.8. The van der Waals surface area contributed by atoms with Gasteiger partial charge in [-0.25, -0.2) is 8.78 Å². The Balaban J connectivity index is 1.72. The van der Waals surface area contributed by atoms with Crippen molar-refractivity contribution in [1.29, 1.82) is 0 Å². The van der Waals surface area contributed by atoms with E-state index in [0.717, 1.165) is 18.2 Å². The highest BCUT2D eigenvalue weighted by Gasteiger charge is 2.31. The Morgan fingerprint density at radius 2 is 1.97 bits per heavy atom. The number of amides is 3. The van der Waals surface area contributed by atoms with Crippen LogP contribution in [0, 0.1) is 11.6 Å². The van der Waals surface area contributed by atoms with Crippen LogP contribution in [-0.4, -0.2) is 48.3 Å². The summed E-state index contributed by atoms with van der Waals surface area (Å²) in [7, 11) is 1.59. The van der Waals surface area contributed by atoms with Crippen molar-refractivity contribution < 1.29 is 23.2 Å². The summed E-state index contributed by atoms with van der Waals surface area (Å²) in [6.07, 6.45) is 0.138. The van der Waals surface area contributed by atoms with Crippen molar-refractivity contribution in [2.24, 2.45) is 0 Å². The van der Waals surface area contributed by atoms with Crippen LogP contribution in [0.4, 0.5) is 25.8 Å². The molecule has 2 N–H and O–H groups in total. The van der Waals surface area contributed by atoms with Crippen molar-refractivity contribution in [3.63, 3.8) is 0 Å². The van der Waals surface area contributed by atoms with Crippen LogP contribution in [0.5, 0.6) is 0 Å². The third-order valence-electron chi connectivity index (χ3n) is 5.24. The molecule has 2 atom stereocenters. The first kappa shape index (κ1) is 22.4. The van der Waals surface area contributed by atoms with Gasteiger partial charge in [0, 0.05) is 18.5 Å². The van der Waals surface area contributed by atoms with Crippen LogP contribution in [0.1, 0.15) is 20.3 Å². The Morgan fingerprint density at radius 3 is 2.71 bits per heavy atom. The van der Waals surface area contributed by atoms with Crippen LogP contribution < -0.4 is 15.5 Å². The standard InChI is InChI=1S/C22H24F2N4O3/c1-13-10-20(29)25-17-6-4-5-7-19(17)28(13)21(30)12-27(3)14(2)22(31)26-18-11-15(23)8-9-16(18)24/h4-9,11,13-14H,10,12H2,1-3H3,(H,25,29)(H,26,31)/t13-,14-/m1/s1. The average molecular weight is 430 g/mol. The molecule has 31 heavy (non-hydrogen) atoms. The Morgan fingerprint density at radius 1 is 1.26 bits per heavy atom. The molecule has 0 bridgehead atoms. The Bertz CT molecular complexity index is 1010. The van der Waals surface area contributed by atoms with Crippen LogP contribution in [0.3, 0.4) is 0 Å². The molecule has 3 rings (SSSR count). The third-order valence-corrected chi connectivity index (χ3v) is 5.24. The Kier molecular flexibility index (Phi) is 6.65. The van der Waals surface area contributed by atoms with Gasteiger partial charge in [0.25, 0.3) is 0 Å². The normalized spacial score (nSPS) is 16.9. The topological polar surface area (TPSA) is 81.8 Å². The third kappa shape index (κ3) is 5.05. The molecule has 9 heteroatoms. The number of anilines is 3. The highest BCUT2D eigenvalue weighted by Crippen LogP contribution is 2.31. The van der Waals surface area contributed by atoms with Crippen LogP contribution >= 0.6 is 0 Å². The van der Waals surface area contributed by atoms with Gasteiger partial charge in [0.15, 0.2) is 0 Å². The van der Waals surface area contributed by atoms with Gasteiger partial charge in [0.1, 0.15) is 11.6 Å². The van der Waals surface area contributed by atoms with E-state index in [4.69, 9.17) is 0 Å². The van der Waals surface area contributed by atoms with Crippen LogP contribution in [0.15, 0.2) is 42.5 Å². The number of rotatable bonds is 5. The molecule has 0 saturated heterocycles. The van der Waals surface area contributed by atoms with Crippen molar-refractivity contribution in [3.8, 4) is 0 Å². The molecule has 0 aliphatic carbocycles. The van der Waals surface area contributed by atoms with E-state index in [9.17, 15) is 23.2 Å². The number of halogens is 2. The highest BCUT2D eigenvalue weighted by atomic mass is 19.1. The van der Waals surface area contributed by atoms with E-state index in [1.807, 2.05) is 0 Å². The molecule has 0 spiro atoms. The zero-order chi connectivity index (χ0) is 22.7. The number of nitrogens with one attached hydrogen (secondary N) is 2. The van der Waals surface area contributed by atoms with Crippen molar-refractivity contribution in [3.05, 3.63) is 54.1 Å². The minimum Gasteiger partial charge on any atom is -0.324 e. The minimum absolute atomic E-state index is 0.118. The molecule has 1 heterocycles. The number of likely N-dealkylation sites (N-methyl/N-ethyl adjacent to an activating group) is 1. The van der Waals surface area contributed by atoms with E-state index in [-0.39, 0.29) is 36.5 Å². The van der Waals surface area contributed by atoms with Crippen molar-refractivity contribution in [2.75, 3.05) is 29.1 Å². The highest BCUT2D eigenvalue weighted by molar-refractivity contribution is 6.05. The van der Waals surface area contributed by atoms with Crippen molar-refractivity contribution in [2.45, 2.75) is 32.4 Å². The molecule has 1 aliphatic rings. The second-order valence-electron chi connectivity index (χ2n) is 7.59. The largest absolute Gasteiger partial charge is 0.324 e. The lowest BCUT2D eigenvalue weighted by atomic mass is 10.1. The molecular weight excluding hydrogens is 406 g/mol. The number of hydrogen-bond acceptors (Lipinski definition) is 4. The molecule has 0 radical (unpaired) electrons. The van der Waals surface area contributed by atoms with Gasteiger partial charge in [-0.15, -0.1) is 0 Å². The fourth-order valence-corrected chi connectivity index (χ4v) is 3.42. The second kappa shape index (κ2) is 9.22. The van der Waals surface area contributed by atoms with Gasteiger partial charge in [-0.05, 0) is 45.2 Å². The summed E-state index contributed by atoms with van der Waals surface area (Å²) in [6.45, 7) is 3.22. The molecule has 2 aromatic carbocycles. The summed E-state index contributed by atoms with van der Waals surface area (Å²) >= 11 is 0. The van der Waals surface area contributed by atoms with E-state index in [1.165, 1.54) is 4.90 Å². The molecule has 7 nitrogen and oxygen atoms in total. The maximum absolute atomic E-state index is 13.8. The Labute approximate surface area is 179 Å². The van der Waals surface area contributed by atoms with Gasteiger partial charge in [-0.2, -0.15) is 0 Å². The number of nitrogens with zero attached hydrogens (tertiary/aromatic N) is 2. The summed E-state index contributed by atoms with van der Waals surface area (Å²) in [5, 5.41) is 5.14. The molecule has 0 aromatic heterocycles. The van der Waals surface area contributed by atoms with Gasteiger partial charge < -0.3 is 15.5 Å². The fourth-order valence-electron chi connectivity index (χ4n) is 3.42. The zero-order valence-corrected chi connectivity index (χ0v) is 17.5. The fraction of sp³-hybridized carbons (Fsp3) is 0.318. The lowest BCUT2D eigenvalue weighted by Crippen LogP contribution is -2.48. The van der Waals surface area contributed by atoms with Gasteiger partial charge in [0.05, 0.1) is 29.6 Å². The summed E-state index contributed by atoms with van der Waals surface area (Å²) < 4.78 is 27.2. The molecule has 164 valence electrons. The summed E-state index contributed by atoms with van der Waals surface area (Å²) in [6, 6.07) is 8.61. The van der Waals surface area contributed by atoms with Gasteiger partial charge >= 0.3 is 0 Å². The average Bonchev–Trinajstić information content (AvgIpc) is 2.84. The van der Waals surface area contributed by atoms with Crippen molar-refractivity contribution >= 4 is 34.8 Å². The number of carbonyl (C=O) groups excluding carboxylic acids is 3. The molecule has 3 amide bonds. The molecule has 0 saturated carbocycles.